The van der Waals surface area contributed by atoms with Crippen molar-refractivity contribution < 1.29 is 15.7 Å². The van der Waals surface area contributed by atoms with E-state index in [9.17, 15) is 14.3 Å². The van der Waals surface area contributed by atoms with Crippen LogP contribution in [0.25, 0.3) is 0 Å². The first-order chi connectivity index (χ1) is 10.4. The molecule has 0 spiro atoms. The average Bonchev–Trinajstić information content (AvgIpc) is 2.51. The van der Waals surface area contributed by atoms with Crippen LogP contribution in [-0.4, -0.2) is 22.0 Å². The minimum atomic E-state index is -0.284. The summed E-state index contributed by atoms with van der Waals surface area (Å²) in [5.41, 5.74) is 1.30. The molecule has 4 heteroatoms. The molecule has 132 valence electrons. The second-order valence-electron chi connectivity index (χ2n) is 5.65. The molecule has 1 unspecified atom stereocenters. The van der Waals surface area contributed by atoms with E-state index in [4.69, 9.17) is 0 Å². The third-order valence-electron chi connectivity index (χ3n) is 3.85. The molecule has 0 saturated heterocycles. The van der Waals surface area contributed by atoms with Crippen LogP contribution >= 0.6 is 0 Å². The van der Waals surface area contributed by atoms with Crippen LogP contribution in [0.2, 0.25) is 0 Å². The number of nitrogens with zero attached hydrogens (tertiary/aromatic N) is 1. The maximum Gasteiger partial charge on any atom is 0.253 e. The molecule has 1 heterocycles. The molecule has 1 atom stereocenters. The van der Waals surface area contributed by atoms with Gasteiger partial charge in [-0.15, -0.1) is 0 Å². The predicted octanol–water partition coefficient (Wildman–Crippen LogP) is 5.32. The highest BCUT2D eigenvalue weighted by Gasteiger charge is 2.33. The number of amides is 1. The van der Waals surface area contributed by atoms with E-state index in [-0.39, 0.29) is 38.3 Å². The molecule has 1 amide bonds. The Morgan fingerprint density at radius 1 is 1.30 bits per heavy atom. The van der Waals surface area contributed by atoms with E-state index in [0.29, 0.717) is 18.5 Å². The van der Waals surface area contributed by atoms with Gasteiger partial charge in [-0.3, -0.25) is 4.79 Å². The Morgan fingerprint density at radius 2 is 1.83 bits per heavy atom. The summed E-state index contributed by atoms with van der Waals surface area (Å²) in [4.78, 5) is 14.1. The zero-order valence-corrected chi connectivity index (χ0v) is 14.1. The van der Waals surface area contributed by atoms with Gasteiger partial charge in [0.2, 0.25) is 0 Å². The molecular formula is C19H32FNO2. The van der Waals surface area contributed by atoms with Crippen molar-refractivity contribution in [2.75, 3.05) is 0 Å². The van der Waals surface area contributed by atoms with Crippen LogP contribution in [0.3, 0.4) is 0 Å². The largest absolute Gasteiger partial charge is 0.512 e. The van der Waals surface area contributed by atoms with Crippen LogP contribution in [-0.2, 0) is 11.3 Å². The summed E-state index contributed by atoms with van der Waals surface area (Å²) >= 11 is 0. The Labute approximate surface area is 141 Å². The molecule has 1 aromatic carbocycles. The number of carbonyl (C=O) groups is 1. The fourth-order valence-corrected chi connectivity index (χ4v) is 2.52. The minimum Gasteiger partial charge on any atom is -0.512 e. The SMILES string of the molecule is C.CC.CC1=C(O)CC(C(C)C)N(Cc2ccc(F)cc2)C1=O.[HH]. The van der Waals surface area contributed by atoms with Gasteiger partial charge in [-0.05, 0) is 30.5 Å². The third kappa shape index (κ3) is 5.08. The van der Waals surface area contributed by atoms with Gasteiger partial charge in [0, 0.05) is 20.4 Å². The van der Waals surface area contributed by atoms with Crippen LogP contribution in [0.4, 0.5) is 4.39 Å². The summed E-state index contributed by atoms with van der Waals surface area (Å²) < 4.78 is 12.9. The summed E-state index contributed by atoms with van der Waals surface area (Å²) in [5.74, 6) is 0.00308. The summed E-state index contributed by atoms with van der Waals surface area (Å²) in [6, 6.07) is 6.14. The number of aliphatic hydroxyl groups excluding tert-OH is 1. The van der Waals surface area contributed by atoms with Crippen molar-refractivity contribution in [1.82, 2.24) is 4.90 Å². The Hall–Kier alpha value is -1.84. The van der Waals surface area contributed by atoms with Crippen molar-refractivity contribution in [3.63, 3.8) is 0 Å². The second kappa shape index (κ2) is 9.33. The van der Waals surface area contributed by atoms with Crippen LogP contribution in [0.1, 0.15) is 55.5 Å². The number of benzene rings is 1. The van der Waals surface area contributed by atoms with Crippen LogP contribution in [0.15, 0.2) is 35.6 Å². The van der Waals surface area contributed by atoms with Gasteiger partial charge in [-0.1, -0.05) is 47.3 Å². The van der Waals surface area contributed by atoms with E-state index in [2.05, 4.69) is 0 Å². The quantitative estimate of drug-likeness (QED) is 0.816. The number of carbonyl (C=O) groups excluding carboxylic acids is 1. The van der Waals surface area contributed by atoms with Gasteiger partial charge >= 0.3 is 0 Å². The molecule has 2 rings (SSSR count). The van der Waals surface area contributed by atoms with Crippen LogP contribution in [0, 0.1) is 11.7 Å². The van der Waals surface area contributed by atoms with Crippen molar-refractivity contribution in [1.29, 1.82) is 0 Å². The lowest BCUT2D eigenvalue weighted by Crippen LogP contribution is -2.46. The van der Waals surface area contributed by atoms with E-state index < -0.39 is 0 Å². The van der Waals surface area contributed by atoms with Crippen molar-refractivity contribution >= 4 is 5.91 Å². The maximum atomic E-state index is 12.9. The van der Waals surface area contributed by atoms with E-state index in [1.807, 2.05) is 27.7 Å². The molecule has 1 aromatic rings. The molecule has 0 bridgehead atoms. The summed E-state index contributed by atoms with van der Waals surface area (Å²) in [6.45, 7) is 10.1. The standard InChI is InChI=1S/C16H20FNO2.C2H6.CH4.H2/c1-10(2)14-8-15(19)11(3)16(20)18(14)9-12-4-6-13(17)7-5-12;1-2;;/h4-7,10,14,19H,8-9H2,1-3H3;1-2H3;1H4;1H. The van der Waals surface area contributed by atoms with Crippen molar-refractivity contribution in [2.45, 2.75) is 61.1 Å². The molecule has 0 fully saturated rings. The molecule has 0 saturated carbocycles. The number of hydrogen-bond donors (Lipinski definition) is 1. The molecule has 0 radical (unpaired) electrons. The third-order valence-corrected chi connectivity index (χ3v) is 3.85. The summed E-state index contributed by atoms with van der Waals surface area (Å²) in [7, 11) is 0. The summed E-state index contributed by atoms with van der Waals surface area (Å²) in [6.07, 6.45) is 0.483. The second-order valence-corrected chi connectivity index (χ2v) is 5.65. The average molecular weight is 325 g/mol. The van der Waals surface area contributed by atoms with E-state index in [1.54, 1.807) is 24.0 Å². The molecule has 1 N–H and O–H groups in total. The number of rotatable bonds is 3. The van der Waals surface area contributed by atoms with Gasteiger partial charge in [-0.2, -0.15) is 0 Å². The molecule has 0 aromatic heterocycles. The van der Waals surface area contributed by atoms with Gasteiger partial charge in [-0.25, -0.2) is 4.39 Å². The lowest BCUT2D eigenvalue weighted by Gasteiger charge is -2.38. The van der Waals surface area contributed by atoms with Crippen molar-refractivity contribution in [3.8, 4) is 0 Å². The Kier molecular flexibility index (Phi) is 8.59. The molecule has 1 aliphatic heterocycles. The molecular weight excluding hydrogens is 293 g/mol. The highest BCUT2D eigenvalue weighted by molar-refractivity contribution is 5.94. The van der Waals surface area contributed by atoms with Gasteiger partial charge in [0.15, 0.2) is 0 Å². The van der Waals surface area contributed by atoms with Crippen molar-refractivity contribution in [2.24, 2.45) is 5.92 Å². The monoisotopic (exact) mass is 325 g/mol. The van der Waals surface area contributed by atoms with E-state index >= 15 is 0 Å². The summed E-state index contributed by atoms with van der Waals surface area (Å²) in [5, 5.41) is 9.87. The van der Waals surface area contributed by atoms with Crippen LogP contribution in [0.5, 0.6) is 0 Å². The lowest BCUT2D eigenvalue weighted by molar-refractivity contribution is -0.132. The maximum absolute atomic E-state index is 12.9. The first-order valence-corrected chi connectivity index (χ1v) is 7.84. The van der Waals surface area contributed by atoms with Crippen molar-refractivity contribution in [3.05, 3.63) is 47.0 Å². The predicted molar refractivity (Wildman–Crippen MR) is 95.7 cm³/mol. The Bertz CT molecular complexity index is 541. The van der Waals surface area contributed by atoms with E-state index in [1.165, 1.54) is 12.1 Å². The number of hydrogen-bond acceptors (Lipinski definition) is 2. The Morgan fingerprint density at radius 3 is 2.30 bits per heavy atom. The highest BCUT2D eigenvalue weighted by Crippen LogP contribution is 2.28. The number of halogens is 1. The van der Waals surface area contributed by atoms with E-state index in [0.717, 1.165) is 5.56 Å². The van der Waals surface area contributed by atoms with Gasteiger partial charge < -0.3 is 10.0 Å². The fourth-order valence-electron chi connectivity index (χ4n) is 2.52. The normalized spacial score (nSPS) is 17.6. The molecule has 1 aliphatic rings. The number of aliphatic hydroxyl groups is 1. The van der Waals surface area contributed by atoms with Crippen LogP contribution < -0.4 is 0 Å². The minimum absolute atomic E-state index is 0. The van der Waals surface area contributed by atoms with Gasteiger partial charge in [0.05, 0.1) is 5.57 Å². The highest BCUT2D eigenvalue weighted by atomic mass is 19.1. The zero-order chi connectivity index (χ0) is 16.9. The Balaban J connectivity index is 0. The molecule has 3 nitrogen and oxygen atoms in total. The fraction of sp³-hybridized carbons (Fsp3) is 0.526. The zero-order valence-electron chi connectivity index (χ0n) is 14.1. The van der Waals surface area contributed by atoms with Gasteiger partial charge in [0.1, 0.15) is 11.6 Å². The first-order valence-electron chi connectivity index (χ1n) is 7.84. The lowest BCUT2D eigenvalue weighted by atomic mass is 9.91. The molecule has 23 heavy (non-hydrogen) atoms. The van der Waals surface area contributed by atoms with Gasteiger partial charge in [0.25, 0.3) is 5.91 Å². The first kappa shape index (κ1) is 21.2. The molecule has 0 aliphatic carbocycles. The topological polar surface area (TPSA) is 40.5 Å². The smallest absolute Gasteiger partial charge is 0.253 e.